The van der Waals surface area contributed by atoms with Gasteiger partial charge in [-0.2, -0.15) is 0 Å². The third-order valence-corrected chi connectivity index (χ3v) is 4.85. The second-order valence-electron chi connectivity index (χ2n) is 6.20. The minimum Gasteiger partial charge on any atom is -0.496 e. The fourth-order valence-electron chi connectivity index (χ4n) is 3.36. The van der Waals surface area contributed by atoms with Crippen LogP contribution >= 0.6 is 11.6 Å². The Bertz CT molecular complexity index is 632. The Labute approximate surface area is 146 Å². The lowest BCUT2D eigenvalue weighted by molar-refractivity contribution is -0.125. The molecule has 2 atom stereocenters. The molecule has 0 aromatic heterocycles. The second-order valence-corrected chi connectivity index (χ2v) is 6.64. The third-order valence-electron chi connectivity index (χ3n) is 4.61. The van der Waals surface area contributed by atoms with E-state index in [2.05, 4.69) is 10.6 Å². The summed E-state index contributed by atoms with van der Waals surface area (Å²) < 4.78 is 5.27. The number of nitrogens with one attached hydrogen (secondary N) is 2. The van der Waals surface area contributed by atoms with Crippen LogP contribution in [0.2, 0.25) is 5.02 Å². The number of carbonyl (C=O) groups is 2. The monoisotopic (exact) mass is 351 g/mol. The maximum atomic E-state index is 12.9. The standard InChI is InChI=1S/C17H22ClN3O3/c1-24-15-5-4-11(18)9-13(15)17(23)21-8-2-3-14(21)16(22)20-12-6-7-19-10-12/h4-5,9,12,14,19H,2-3,6-8,10H2,1H3,(H,20,22). The maximum Gasteiger partial charge on any atom is 0.258 e. The van der Waals surface area contributed by atoms with Crippen molar-refractivity contribution in [2.75, 3.05) is 26.7 Å². The lowest BCUT2D eigenvalue weighted by Crippen LogP contribution is -2.49. The predicted octanol–water partition coefficient (Wildman–Crippen LogP) is 1.43. The molecular formula is C17H22ClN3O3. The van der Waals surface area contributed by atoms with E-state index in [-0.39, 0.29) is 17.9 Å². The third kappa shape index (κ3) is 3.49. The van der Waals surface area contributed by atoms with Gasteiger partial charge in [0.15, 0.2) is 0 Å². The molecule has 1 aromatic carbocycles. The van der Waals surface area contributed by atoms with Crippen molar-refractivity contribution in [2.45, 2.75) is 31.3 Å². The topological polar surface area (TPSA) is 70.7 Å². The predicted molar refractivity (Wildman–Crippen MR) is 91.5 cm³/mol. The lowest BCUT2D eigenvalue weighted by atomic mass is 10.1. The van der Waals surface area contributed by atoms with Crippen LogP contribution in [-0.2, 0) is 4.79 Å². The molecule has 2 unspecified atom stereocenters. The summed E-state index contributed by atoms with van der Waals surface area (Å²) in [6.07, 6.45) is 2.42. The van der Waals surface area contributed by atoms with Gasteiger partial charge in [-0.05, 0) is 44.0 Å². The zero-order chi connectivity index (χ0) is 17.1. The van der Waals surface area contributed by atoms with E-state index in [1.165, 1.54) is 7.11 Å². The average Bonchev–Trinajstić information content (AvgIpc) is 3.25. The molecule has 2 aliphatic heterocycles. The molecule has 2 aliphatic rings. The SMILES string of the molecule is COc1ccc(Cl)cc1C(=O)N1CCCC1C(=O)NC1CCNC1. The molecule has 0 bridgehead atoms. The molecule has 2 N–H and O–H groups in total. The molecule has 0 spiro atoms. The largest absolute Gasteiger partial charge is 0.496 e. The fourth-order valence-corrected chi connectivity index (χ4v) is 3.53. The van der Waals surface area contributed by atoms with Crippen LogP contribution in [0.3, 0.4) is 0 Å². The first kappa shape index (κ1) is 17.0. The van der Waals surface area contributed by atoms with Crippen molar-refractivity contribution in [1.29, 1.82) is 0 Å². The highest BCUT2D eigenvalue weighted by atomic mass is 35.5. The first-order chi connectivity index (χ1) is 11.6. The van der Waals surface area contributed by atoms with Gasteiger partial charge in [0.05, 0.1) is 12.7 Å². The van der Waals surface area contributed by atoms with Crippen LogP contribution in [-0.4, -0.2) is 55.5 Å². The summed E-state index contributed by atoms with van der Waals surface area (Å²) in [5, 5.41) is 6.74. The number of methoxy groups -OCH3 is 1. The highest BCUT2D eigenvalue weighted by molar-refractivity contribution is 6.31. The number of hydrogen-bond donors (Lipinski definition) is 2. The average molecular weight is 352 g/mol. The van der Waals surface area contributed by atoms with Crippen LogP contribution in [0.1, 0.15) is 29.6 Å². The molecule has 2 heterocycles. The Hall–Kier alpha value is -1.79. The van der Waals surface area contributed by atoms with Gasteiger partial charge in [0.1, 0.15) is 11.8 Å². The Morgan fingerprint density at radius 3 is 2.92 bits per heavy atom. The van der Waals surface area contributed by atoms with E-state index in [4.69, 9.17) is 16.3 Å². The molecule has 2 fully saturated rings. The van der Waals surface area contributed by atoms with E-state index in [0.29, 0.717) is 29.3 Å². The summed E-state index contributed by atoms with van der Waals surface area (Å²) in [6, 6.07) is 4.66. The Kier molecular flexibility index (Phi) is 5.26. The van der Waals surface area contributed by atoms with Crippen LogP contribution in [0.4, 0.5) is 0 Å². The van der Waals surface area contributed by atoms with Gasteiger partial charge >= 0.3 is 0 Å². The van der Waals surface area contributed by atoms with Crippen LogP contribution in [0.5, 0.6) is 5.75 Å². The lowest BCUT2D eigenvalue weighted by Gasteiger charge is -2.26. The number of ether oxygens (including phenoxy) is 1. The first-order valence-electron chi connectivity index (χ1n) is 8.25. The van der Waals surface area contributed by atoms with Crippen molar-refractivity contribution in [3.8, 4) is 5.75 Å². The van der Waals surface area contributed by atoms with Gasteiger partial charge < -0.3 is 20.3 Å². The van der Waals surface area contributed by atoms with Crippen LogP contribution in [0.15, 0.2) is 18.2 Å². The molecule has 0 saturated carbocycles. The zero-order valence-corrected chi connectivity index (χ0v) is 14.4. The number of amides is 2. The fraction of sp³-hybridized carbons (Fsp3) is 0.529. The molecule has 0 radical (unpaired) electrons. The molecule has 2 amide bonds. The van der Waals surface area contributed by atoms with Crippen LogP contribution in [0, 0.1) is 0 Å². The highest BCUT2D eigenvalue weighted by Gasteiger charge is 2.36. The normalized spacial score (nSPS) is 23.3. The van der Waals surface area contributed by atoms with E-state index in [0.717, 1.165) is 25.9 Å². The van der Waals surface area contributed by atoms with Gasteiger partial charge in [-0.25, -0.2) is 0 Å². The summed E-state index contributed by atoms with van der Waals surface area (Å²) in [4.78, 5) is 27.1. The summed E-state index contributed by atoms with van der Waals surface area (Å²) in [5.74, 6) is 0.183. The number of carbonyl (C=O) groups excluding carboxylic acids is 2. The molecule has 24 heavy (non-hydrogen) atoms. The number of halogens is 1. The Morgan fingerprint density at radius 1 is 1.38 bits per heavy atom. The molecule has 7 heteroatoms. The number of nitrogens with zero attached hydrogens (tertiary/aromatic N) is 1. The van der Waals surface area contributed by atoms with Crippen molar-refractivity contribution in [2.24, 2.45) is 0 Å². The molecular weight excluding hydrogens is 330 g/mol. The van der Waals surface area contributed by atoms with Gasteiger partial charge in [0, 0.05) is 24.2 Å². The highest BCUT2D eigenvalue weighted by Crippen LogP contribution is 2.27. The van der Waals surface area contributed by atoms with Crippen LogP contribution < -0.4 is 15.4 Å². The van der Waals surface area contributed by atoms with E-state index in [9.17, 15) is 9.59 Å². The van der Waals surface area contributed by atoms with Gasteiger partial charge in [0.2, 0.25) is 5.91 Å². The van der Waals surface area contributed by atoms with Crippen molar-refractivity contribution in [1.82, 2.24) is 15.5 Å². The number of rotatable bonds is 4. The van der Waals surface area contributed by atoms with Crippen molar-refractivity contribution in [3.05, 3.63) is 28.8 Å². The van der Waals surface area contributed by atoms with E-state index in [1.54, 1.807) is 23.1 Å². The molecule has 1 aromatic rings. The van der Waals surface area contributed by atoms with Crippen molar-refractivity contribution >= 4 is 23.4 Å². The molecule has 2 saturated heterocycles. The van der Waals surface area contributed by atoms with Crippen LogP contribution in [0.25, 0.3) is 0 Å². The quantitative estimate of drug-likeness (QED) is 0.861. The van der Waals surface area contributed by atoms with Crippen molar-refractivity contribution in [3.63, 3.8) is 0 Å². The smallest absolute Gasteiger partial charge is 0.258 e. The van der Waals surface area contributed by atoms with Gasteiger partial charge in [-0.1, -0.05) is 11.6 Å². The molecule has 6 nitrogen and oxygen atoms in total. The summed E-state index contributed by atoms with van der Waals surface area (Å²) in [6.45, 7) is 2.27. The maximum absolute atomic E-state index is 12.9. The van der Waals surface area contributed by atoms with Gasteiger partial charge in [-0.15, -0.1) is 0 Å². The van der Waals surface area contributed by atoms with E-state index >= 15 is 0 Å². The summed E-state index contributed by atoms with van der Waals surface area (Å²) in [7, 11) is 1.52. The number of likely N-dealkylation sites (tertiary alicyclic amines) is 1. The summed E-state index contributed by atoms with van der Waals surface area (Å²) in [5.41, 5.74) is 0.396. The second kappa shape index (κ2) is 7.40. The van der Waals surface area contributed by atoms with Crippen molar-refractivity contribution < 1.29 is 14.3 Å². The Morgan fingerprint density at radius 2 is 2.21 bits per heavy atom. The Balaban J connectivity index is 1.76. The number of benzene rings is 1. The number of hydrogen-bond acceptors (Lipinski definition) is 4. The zero-order valence-electron chi connectivity index (χ0n) is 13.7. The van der Waals surface area contributed by atoms with Gasteiger partial charge in [0.25, 0.3) is 5.91 Å². The minimum absolute atomic E-state index is 0.0736. The minimum atomic E-state index is -0.429. The molecule has 3 rings (SSSR count). The summed E-state index contributed by atoms with van der Waals surface area (Å²) >= 11 is 6.02. The van der Waals surface area contributed by atoms with E-state index in [1.807, 2.05) is 0 Å². The van der Waals surface area contributed by atoms with E-state index < -0.39 is 6.04 Å². The molecule has 0 aliphatic carbocycles. The molecule has 130 valence electrons. The first-order valence-corrected chi connectivity index (χ1v) is 8.63. The van der Waals surface area contributed by atoms with Gasteiger partial charge in [-0.3, -0.25) is 9.59 Å².